The Balaban J connectivity index is 0. The molecule has 9 heavy (non-hydrogen) atoms. The van der Waals surface area contributed by atoms with Crippen LogP contribution < -0.4 is 0 Å². The molecule has 0 aliphatic carbocycles. The van der Waals surface area contributed by atoms with Gasteiger partial charge in [-0.1, -0.05) is 0 Å². The van der Waals surface area contributed by atoms with Crippen LogP contribution in [0.1, 0.15) is 19.8 Å². The maximum atomic E-state index is 10.1. The van der Waals surface area contributed by atoms with Crippen molar-refractivity contribution in [1.82, 2.24) is 0 Å². The molecular formula is C5H9LiO3. The van der Waals surface area contributed by atoms with Gasteiger partial charge in [0, 0.05) is 6.42 Å². The summed E-state index contributed by atoms with van der Waals surface area (Å²) in [4.78, 5) is 19.8. The molecule has 0 amide bonds. The fourth-order valence-electron chi connectivity index (χ4n) is 0.283. The van der Waals surface area contributed by atoms with Crippen LogP contribution in [0.4, 0.5) is 0 Å². The monoisotopic (exact) mass is 124 g/mol. The van der Waals surface area contributed by atoms with Gasteiger partial charge in [-0.15, -0.1) is 0 Å². The molecule has 0 fully saturated rings. The average molecular weight is 124 g/mol. The fourth-order valence-corrected chi connectivity index (χ4v) is 0.283. The van der Waals surface area contributed by atoms with Gasteiger partial charge in [-0.25, -0.2) is 0 Å². The molecule has 0 atom stereocenters. The zero-order valence-electron chi connectivity index (χ0n) is 4.68. The number of carboxylic acid groups (broad SMARTS) is 1. The zero-order valence-corrected chi connectivity index (χ0v) is 4.68. The van der Waals surface area contributed by atoms with E-state index in [1.165, 1.54) is 6.92 Å². The molecule has 0 aliphatic heterocycles. The van der Waals surface area contributed by atoms with Crippen LogP contribution in [0.15, 0.2) is 0 Å². The average Bonchev–Trinajstić information content (AvgIpc) is 1.61. The summed E-state index contributed by atoms with van der Waals surface area (Å²) in [5.74, 6) is -0.993. The van der Waals surface area contributed by atoms with Crippen LogP contribution >= 0.6 is 0 Å². The van der Waals surface area contributed by atoms with E-state index in [0.29, 0.717) is 0 Å². The summed E-state index contributed by atoms with van der Waals surface area (Å²) in [6.07, 6.45) is 0.102. The molecule has 1 N–H and O–H groups in total. The first kappa shape index (κ1) is 11.5. The number of hydrogen-bond donors (Lipinski definition) is 1. The Kier molecular flexibility index (Phi) is 7.51. The molecule has 0 unspecified atom stereocenters. The third-order valence-electron chi connectivity index (χ3n) is 0.691. The summed E-state index contributed by atoms with van der Waals surface area (Å²) in [6.45, 7) is 1.38. The molecule has 4 heteroatoms. The van der Waals surface area contributed by atoms with Gasteiger partial charge in [0.25, 0.3) is 0 Å². The number of rotatable bonds is 3. The van der Waals surface area contributed by atoms with Crippen molar-refractivity contribution in [1.29, 1.82) is 0 Å². The molecule has 48 valence electrons. The van der Waals surface area contributed by atoms with Crippen molar-refractivity contribution in [2.75, 3.05) is 0 Å². The Morgan fingerprint density at radius 3 is 1.89 bits per heavy atom. The van der Waals surface area contributed by atoms with Crippen LogP contribution in [0.2, 0.25) is 0 Å². The molecule has 0 saturated carbocycles. The van der Waals surface area contributed by atoms with Crippen LogP contribution in [0.5, 0.6) is 0 Å². The van der Waals surface area contributed by atoms with Crippen LogP contribution in [-0.2, 0) is 9.59 Å². The second-order valence-corrected chi connectivity index (χ2v) is 1.60. The van der Waals surface area contributed by atoms with Crippen molar-refractivity contribution in [2.24, 2.45) is 0 Å². The van der Waals surface area contributed by atoms with Gasteiger partial charge in [0.15, 0.2) is 0 Å². The third-order valence-corrected chi connectivity index (χ3v) is 0.691. The third kappa shape index (κ3) is 11.3. The summed E-state index contributed by atoms with van der Waals surface area (Å²) in [6, 6.07) is 0. The van der Waals surface area contributed by atoms with Gasteiger partial charge >= 0.3 is 24.8 Å². The topological polar surface area (TPSA) is 54.4 Å². The van der Waals surface area contributed by atoms with E-state index in [-0.39, 0.29) is 37.5 Å². The van der Waals surface area contributed by atoms with Gasteiger partial charge in [-0.3, -0.25) is 4.79 Å². The summed E-state index contributed by atoms with van der Waals surface area (Å²) in [5.41, 5.74) is 0. The van der Waals surface area contributed by atoms with E-state index in [4.69, 9.17) is 5.11 Å². The maximum absolute atomic E-state index is 10.1. The Bertz CT molecular complexity index is 96.8. The molecule has 0 aromatic rings. The van der Waals surface area contributed by atoms with E-state index < -0.39 is 5.97 Å². The Labute approximate surface area is 65.6 Å². The molecule has 0 aromatic carbocycles. The van der Waals surface area contributed by atoms with Crippen molar-refractivity contribution in [3.8, 4) is 0 Å². The predicted molar refractivity (Wildman–Crippen MR) is 34.7 cm³/mol. The minimum atomic E-state index is -0.916. The first-order valence-electron chi connectivity index (χ1n) is 2.34. The number of ketones is 1. The van der Waals surface area contributed by atoms with Crippen LogP contribution in [0.25, 0.3) is 0 Å². The standard InChI is InChI=1S/C5H8O3.Li.H/c1-4(6)2-3-5(7)8;;/h2-3H2,1H3,(H,7,8);;. The summed E-state index contributed by atoms with van der Waals surface area (Å²) >= 11 is 0. The van der Waals surface area contributed by atoms with Crippen molar-refractivity contribution in [3.05, 3.63) is 0 Å². The number of carbonyl (C=O) groups is 2. The van der Waals surface area contributed by atoms with E-state index in [1.807, 2.05) is 0 Å². The minimum absolute atomic E-state index is 0. The van der Waals surface area contributed by atoms with Crippen molar-refractivity contribution < 1.29 is 14.7 Å². The first-order chi connectivity index (χ1) is 3.63. The van der Waals surface area contributed by atoms with E-state index in [1.54, 1.807) is 0 Å². The molecule has 0 aliphatic rings. The molecule has 0 radical (unpaired) electrons. The Morgan fingerprint density at radius 2 is 1.78 bits per heavy atom. The molecule has 0 bridgehead atoms. The van der Waals surface area contributed by atoms with Crippen molar-refractivity contribution >= 4 is 30.6 Å². The van der Waals surface area contributed by atoms with Crippen molar-refractivity contribution in [2.45, 2.75) is 19.8 Å². The summed E-state index contributed by atoms with van der Waals surface area (Å²) in [5, 5.41) is 8.01. The van der Waals surface area contributed by atoms with Gasteiger partial charge in [0.1, 0.15) is 5.78 Å². The van der Waals surface area contributed by atoms with E-state index in [9.17, 15) is 9.59 Å². The van der Waals surface area contributed by atoms with Crippen LogP contribution in [0, 0.1) is 0 Å². The fraction of sp³-hybridized carbons (Fsp3) is 0.600. The van der Waals surface area contributed by atoms with E-state index in [0.717, 1.165) is 0 Å². The van der Waals surface area contributed by atoms with Gasteiger partial charge in [0.05, 0.1) is 6.42 Å². The van der Waals surface area contributed by atoms with Crippen LogP contribution in [-0.4, -0.2) is 35.7 Å². The molecule has 0 spiro atoms. The molecule has 0 rings (SSSR count). The number of Topliss-reactive ketones (excluding diaryl/α,β-unsaturated/α-hetero) is 1. The predicted octanol–water partition coefficient (Wildman–Crippen LogP) is -0.208. The Morgan fingerprint density at radius 1 is 1.33 bits per heavy atom. The van der Waals surface area contributed by atoms with Crippen molar-refractivity contribution in [3.63, 3.8) is 0 Å². The molecule has 0 saturated heterocycles. The quantitative estimate of drug-likeness (QED) is 0.529. The number of aliphatic carboxylic acids is 1. The SMILES string of the molecule is CC(=O)CCC(=O)O.[LiH]. The first-order valence-corrected chi connectivity index (χ1v) is 2.34. The summed E-state index contributed by atoms with van der Waals surface area (Å²) in [7, 11) is 0. The molecular weight excluding hydrogens is 115 g/mol. The summed E-state index contributed by atoms with van der Waals surface area (Å²) < 4.78 is 0. The van der Waals surface area contributed by atoms with Crippen LogP contribution in [0.3, 0.4) is 0 Å². The number of carbonyl (C=O) groups excluding carboxylic acids is 1. The normalized spacial score (nSPS) is 7.67. The number of carboxylic acids is 1. The second kappa shape index (κ2) is 5.87. The second-order valence-electron chi connectivity index (χ2n) is 1.60. The van der Waals surface area contributed by atoms with Gasteiger partial charge in [-0.05, 0) is 6.92 Å². The Hall–Kier alpha value is -0.263. The zero-order chi connectivity index (χ0) is 6.57. The van der Waals surface area contributed by atoms with E-state index in [2.05, 4.69) is 0 Å². The number of hydrogen-bond acceptors (Lipinski definition) is 2. The van der Waals surface area contributed by atoms with Gasteiger partial charge < -0.3 is 9.90 Å². The van der Waals surface area contributed by atoms with Gasteiger partial charge in [0.2, 0.25) is 0 Å². The molecule has 3 nitrogen and oxygen atoms in total. The molecule has 0 aromatic heterocycles. The van der Waals surface area contributed by atoms with E-state index >= 15 is 0 Å². The molecule has 0 heterocycles. The van der Waals surface area contributed by atoms with Gasteiger partial charge in [-0.2, -0.15) is 0 Å².